The zero-order valence-corrected chi connectivity index (χ0v) is 17.0. The van der Waals surface area contributed by atoms with E-state index < -0.39 is 19.7 Å². The average molecular weight is 378 g/mol. The molecule has 150 valence electrons. The van der Waals surface area contributed by atoms with Crippen LogP contribution in [0.3, 0.4) is 0 Å². The molecule has 5 N–H and O–H groups in total. The highest BCUT2D eigenvalue weighted by atomic mass is 31.2. The molecule has 0 aliphatic carbocycles. The first-order valence-corrected chi connectivity index (χ1v) is 11.8. The van der Waals surface area contributed by atoms with Gasteiger partial charge in [-0.3, -0.25) is 0 Å². The van der Waals surface area contributed by atoms with Gasteiger partial charge in [-0.15, -0.1) is 0 Å². The quantitative estimate of drug-likeness (QED) is 0.205. The van der Waals surface area contributed by atoms with Gasteiger partial charge in [-0.05, 0) is 12.8 Å². The topological polar surface area (TPSA) is 108 Å². The third-order valence-corrected chi connectivity index (χ3v) is 5.40. The van der Waals surface area contributed by atoms with Crippen molar-refractivity contribution in [3.05, 3.63) is 12.2 Å². The second-order valence-electron chi connectivity index (χ2n) is 7.15. The van der Waals surface area contributed by atoms with Gasteiger partial charge in [0.15, 0.2) is 0 Å². The van der Waals surface area contributed by atoms with Crippen LogP contribution >= 0.6 is 7.60 Å². The van der Waals surface area contributed by atoms with Gasteiger partial charge in [-0.1, -0.05) is 83.3 Å². The Morgan fingerprint density at radius 1 is 1.00 bits per heavy atom. The molecule has 5 nitrogen and oxygen atoms in total. The van der Waals surface area contributed by atoms with E-state index in [2.05, 4.69) is 12.7 Å². The van der Waals surface area contributed by atoms with Crippen LogP contribution in [0.25, 0.3) is 0 Å². The van der Waals surface area contributed by atoms with Gasteiger partial charge in [-0.2, -0.15) is 0 Å². The monoisotopic (exact) mass is 377 g/mol. The summed E-state index contributed by atoms with van der Waals surface area (Å²) in [5, 5.41) is 9.87. The van der Waals surface area contributed by atoms with Crippen molar-refractivity contribution in [2.75, 3.05) is 6.16 Å². The van der Waals surface area contributed by atoms with Crippen molar-refractivity contribution >= 4 is 7.60 Å². The second-order valence-corrected chi connectivity index (χ2v) is 8.87. The number of quaternary nitrogens is 1. The number of unbranched alkanes of at least 4 members (excludes halogenated alkanes) is 11. The summed E-state index contributed by atoms with van der Waals surface area (Å²) in [7, 11) is -4.24. The summed E-state index contributed by atoms with van der Waals surface area (Å²) in [6.45, 7) is 2.25. The highest BCUT2D eigenvalue weighted by Crippen LogP contribution is 2.29. The molecule has 0 aliphatic rings. The van der Waals surface area contributed by atoms with Gasteiger partial charge in [0.05, 0.1) is 0 Å². The fourth-order valence-corrected chi connectivity index (χ4v) is 3.48. The van der Waals surface area contributed by atoms with E-state index >= 15 is 0 Å². The van der Waals surface area contributed by atoms with E-state index in [9.17, 15) is 14.6 Å². The molecule has 0 fully saturated rings. The smallest absolute Gasteiger partial charge is 0.132 e. The van der Waals surface area contributed by atoms with Crippen LogP contribution < -0.4 is 10.6 Å². The van der Waals surface area contributed by atoms with Gasteiger partial charge in [0.1, 0.15) is 19.7 Å². The molecular formula is C19H40NO4P. The van der Waals surface area contributed by atoms with E-state index in [0.717, 1.165) is 12.8 Å². The highest BCUT2D eigenvalue weighted by molar-refractivity contribution is 7.50. The number of allylic oxidation sites excluding steroid dienone is 1. The first-order valence-electron chi connectivity index (χ1n) is 10.1. The molecule has 0 saturated carbocycles. The summed E-state index contributed by atoms with van der Waals surface area (Å²) < 4.78 is 10.7. The number of aliphatic hydroxyl groups is 1. The van der Waals surface area contributed by atoms with Gasteiger partial charge >= 0.3 is 0 Å². The Labute approximate surface area is 154 Å². The first-order chi connectivity index (χ1) is 11.9. The van der Waals surface area contributed by atoms with Crippen molar-refractivity contribution < 1.29 is 25.2 Å². The second kappa shape index (κ2) is 16.0. The third-order valence-electron chi connectivity index (χ3n) is 4.57. The van der Waals surface area contributed by atoms with Gasteiger partial charge in [0.25, 0.3) is 0 Å². The third kappa shape index (κ3) is 18.4. The Morgan fingerprint density at radius 3 is 1.96 bits per heavy atom. The van der Waals surface area contributed by atoms with E-state index in [4.69, 9.17) is 4.89 Å². The number of hydrogen-bond acceptors (Lipinski definition) is 3. The van der Waals surface area contributed by atoms with Crippen LogP contribution in [0.2, 0.25) is 0 Å². The summed E-state index contributed by atoms with van der Waals surface area (Å²) in [4.78, 5) is 19.4. The van der Waals surface area contributed by atoms with Crippen LogP contribution in [0.5, 0.6) is 0 Å². The van der Waals surface area contributed by atoms with Gasteiger partial charge in [0, 0.05) is 12.6 Å². The van der Waals surface area contributed by atoms with Crippen LogP contribution in [0.4, 0.5) is 0 Å². The Bertz CT molecular complexity index is 370. The van der Waals surface area contributed by atoms with Crippen molar-refractivity contribution in [2.24, 2.45) is 0 Å². The molecule has 3 atom stereocenters. The largest absolute Gasteiger partial charge is 0.779 e. The average Bonchev–Trinajstić information content (AvgIpc) is 2.56. The molecule has 25 heavy (non-hydrogen) atoms. The number of aliphatic hydroxyl groups excluding tert-OH is 1. The zero-order chi connectivity index (χ0) is 19.0. The Morgan fingerprint density at radius 2 is 1.48 bits per heavy atom. The molecule has 0 bridgehead atoms. The minimum Gasteiger partial charge on any atom is -0.779 e. The summed E-state index contributed by atoms with van der Waals surface area (Å²) in [6, 6.07) is -0.414. The van der Waals surface area contributed by atoms with Crippen LogP contribution in [0.15, 0.2) is 12.2 Å². The fraction of sp³-hybridized carbons (Fsp3) is 0.895. The molecule has 0 saturated heterocycles. The van der Waals surface area contributed by atoms with E-state index in [-0.39, 0.29) is 12.6 Å². The van der Waals surface area contributed by atoms with Crippen molar-refractivity contribution in [3.8, 4) is 0 Å². The van der Waals surface area contributed by atoms with Gasteiger partial charge < -0.3 is 25.2 Å². The van der Waals surface area contributed by atoms with Crippen molar-refractivity contribution in [1.29, 1.82) is 0 Å². The SMILES string of the molecule is CCCCCCCCCCCCC/C=C/[C@@H](O)[C@@H]([NH3+])CCP(=O)([O-])O. The summed E-state index contributed by atoms with van der Waals surface area (Å²) in [5.41, 5.74) is 3.75. The predicted molar refractivity (Wildman–Crippen MR) is 102 cm³/mol. The lowest BCUT2D eigenvalue weighted by Crippen LogP contribution is -2.66. The molecule has 6 heteroatoms. The lowest BCUT2D eigenvalue weighted by molar-refractivity contribution is -0.434. The molecule has 0 amide bonds. The van der Waals surface area contributed by atoms with Gasteiger partial charge in [0.2, 0.25) is 0 Å². The van der Waals surface area contributed by atoms with Gasteiger partial charge in [-0.25, -0.2) is 0 Å². The van der Waals surface area contributed by atoms with E-state index in [1.807, 2.05) is 6.08 Å². The van der Waals surface area contributed by atoms with Crippen LogP contribution in [-0.2, 0) is 4.57 Å². The minimum absolute atomic E-state index is 0.168. The van der Waals surface area contributed by atoms with Crippen molar-refractivity contribution in [2.45, 2.75) is 103 Å². The maximum Gasteiger partial charge on any atom is 0.132 e. The maximum atomic E-state index is 10.7. The number of hydrogen-bond donors (Lipinski definition) is 3. The Kier molecular flexibility index (Phi) is 15.9. The zero-order valence-electron chi connectivity index (χ0n) is 16.1. The molecule has 0 aromatic rings. The lowest BCUT2D eigenvalue weighted by atomic mass is 10.0. The lowest BCUT2D eigenvalue weighted by Gasteiger charge is -2.18. The summed E-state index contributed by atoms with van der Waals surface area (Å²) in [5.74, 6) is 0. The fourth-order valence-electron chi connectivity index (χ4n) is 2.82. The maximum absolute atomic E-state index is 10.7. The minimum atomic E-state index is -4.24. The molecule has 1 unspecified atom stereocenters. The molecule has 0 radical (unpaired) electrons. The molecule has 0 rings (SSSR count). The van der Waals surface area contributed by atoms with Crippen LogP contribution in [0.1, 0.15) is 90.4 Å². The van der Waals surface area contributed by atoms with E-state index in [1.165, 1.54) is 64.2 Å². The molecule has 0 heterocycles. The molecule has 0 aliphatic heterocycles. The summed E-state index contributed by atoms with van der Waals surface area (Å²) in [6.07, 6.45) is 18.1. The first kappa shape index (κ1) is 24.8. The normalized spacial score (nSPS) is 16.8. The standard InChI is InChI=1S/C19H40NO4P/c1-2-3-4-5-6-7-8-9-10-11-12-13-14-15-19(21)18(20)16-17-25(22,23)24/h14-15,18-19,21H,2-13,16-17,20H2,1H3,(H2,22,23,24)/b15-14+/t18-,19+/m0/s1. The number of rotatable bonds is 17. The molecule has 0 aromatic carbocycles. The van der Waals surface area contributed by atoms with E-state index in [1.54, 1.807) is 6.08 Å². The molecule has 0 spiro atoms. The Balaban J connectivity index is 3.46. The Hall–Kier alpha value is -0.190. The molecular weight excluding hydrogens is 337 g/mol. The predicted octanol–water partition coefficient (Wildman–Crippen LogP) is 3.15. The van der Waals surface area contributed by atoms with Crippen molar-refractivity contribution in [1.82, 2.24) is 0 Å². The molecule has 0 aromatic heterocycles. The summed E-state index contributed by atoms with van der Waals surface area (Å²) >= 11 is 0. The van der Waals surface area contributed by atoms with Crippen LogP contribution in [-0.4, -0.2) is 28.3 Å². The van der Waals surface area contributed by atoms with Crippen LogP contribution in [0, 0.1) is 0 Å². The highest BCUT2D eigenvalue weighted by Gasteiger charge is 2.17. The van der Waals surface area contributed by atoms with Crippen molar-refractivity contribution in [3.63, 3.8) is 0 Å². The van der Waals surface area contributed by atoms with E-state index in [0.29, 0.717) is 0 Å².